The summed E-state index contributed by atoms with van der Waals surface area (Å²) >= 11 is 0. The second-order valence-electron chi connectivity index (χ2n) is 6.86. The lowest BCUT2D eigenvalue weighted by Crippen LogP contribution is -2.29. The van der Waals surface area contributed by atoms with Crippen LogP contribution in [0, 0.1) is 17.6 Å². The van der Waals surface area contributed by atoms with Crippen molar-refractivity contribution in [1.82, 2.24) is 4.98 Å². The zero-order chi connectivity index (χ0) is 23.2. The Kier molecular flexibility index (Phi) is 5.88. The van der Waals surface area contributed by atoms with E-state index in [1.165, 1.54) is 0 Å². The van der Waals surface area contributed by atoms with Gasteiger partial charge in [-0.15, -0.1) is 0 Å². The van der Waals surface area contributed by atoms with Gasteiger partial charge in [-0.05, 0) is 24.8 Å². The lowest BCUT2D eigenvalue weighted by atomic mass is 9.87. The molecule has 2 aromatic rings. The summed E-state index contributed by atoms with van der Waals surface area (Å²) in [6.45, 7) is -1.89. The third-order valence-electron chi connectivity index (χ3n) is 4.64. The van der Waals surface area contributed by atoms with E-state index in [0.717, 1.165) is 6.20 Å². The molecule has 1 atom stereocenters. The molecule has 1 aliphatic rings. The van der Waals surface area contributed by atoms with E-state index in [-0.39, 0.29) is 30.2 Å². The van der Waals surface area contributed by atoms with Gasteiger partial charge in [-0.2, -0.15) is 26.3 Å². The number of aromatic nitrogens is 1. The number of ether oxygens (including phenoxy) is 1. The van der Waals surface area contributed by atoms with Gasteiger partial charge in [0.1, 0.15) is 4.90 Å². The highest BCUT2D eigenvalue weighted by atomic mass is 32.2. The number of nitrogens with one attached hydrogen (secondary N) is 2. The summed E-state index contributed by atoms with van der Waals surface area (Å²) in [5.41, 5.74) is -0.744. The molecule has 31 heavy (non-hydrogen) atoms. The Morgan fingerprint density at radius 1 is 1.10 bits per heavy atom. The third kappa shape index (κ3) is 5.22. The Bertz CT molecular complexity index is 1080. The van der Waals surface area contributed by atoms with E-state index in [1.54, 1.807) is 4.72 Å². The molecule has 0 saturated heterocycles. The van der Waals surface area contributed by atoms with Crippen LogP contribution in [0.1, 0.15) is 17.7 Å². The normalized spacial score (nSPS) is 17.4. The van der Waals surface area contributed by atoms with Gasteiger partial charge in [-0.3, -0.25) is 4.72 Å². The van der Waals surface area contributed by atoms with Crippen molar-refractivity contribution >= 4 is 15.7 Å². The van der Waals surface area contributed by atoms with Crippen molar-refractivity contribution < 1.29 is 48.3 Å². The second kappa shape index (κ2) is 7.88. The first-order valence-electron chi connectivity index (χ1n) is 8.64. The van der Waals surface area contributed by atoms with Gasteiger partial charge >= 0.3 is 12.4 Å². The number of halogens is 8. The van der Waals surface area contributed by atoms with Crippen molar-refractivity contribution in [3.8, 4) is 5.75 Å². The van der Waals surface area contributed by atoms with Crippen molar-refractivity contribution in [2.24, 2.45) is 5.92 Å². The van der Waals surface area contributed by atoms with Crippen LogP contribution in [0.25, 0.3) is 0 Å². The molecule has 1 heterocycles. The summed E-state index contributed by atoms with van der Waals surface area (Å²) in [7, 11) is -4.54. The number of hydrogen-bond donors (Lipinski definition) is 2. The number of fused-ring (bicyclic) bond motifs is 1. The summed E-state index contributed by atoms with van der Waals surface area (Å²) < 4.78 is 134. The van der Waals surface area contributed by atoms with Crippen molar-refractivity contribution in [1.29, 1.82) is 0 Å². The molecule has 0 spiro atoms. The minimum absolute atomic E-state index is 0.0662. The van der Waals surface area contributed by atoms with E-state index in [1.807, 2.05) is 0 Å². The predicted octanol–water partition coefficient (Wildman–Crippen LogP) is 4.70. The molecule has 1 aliphatic carbocycles. The molecule has 172 valence electrons. The smallest absolute Gasteiger partial charge is 0.422 e. The molecule has 0 fully saturated rings. The summed E-state index contributed by atoms with van der Waals surface area (Å²) in [5, 5.41) is 0. The molecule has 0 aliphatic heterocycles. The van der Waals surface area contributed by atoms with Crippen molar-refractivity contribution in [3.63, 3.8) is 0 Å². The van der Waals surface area contributed by atoms with Crippen LogP contribution in [0.3, 0.4) is 0 Å². The molecule has 0 saturated carbocycles. The Hall–Kier alpha value is -2.51. The highest BCUT2D eigenvalue weighted by molar-refractivity contribution is 7.92. The van der Waals surface area contributed by atoms with E-state index in [0.29, 0.717) is 6.07 Å². The number of aromatic amines is 1. The quantitative estimate of drug-likeness (QED) is 0.612. The summed E-state index contributed by atoms with van der Waals surface area (Å²) in [5.74, 6) is -5.58. The van der Waals surface area contributed by atoms with Crippen LogP contribution < -0.4 is 9.46 Å². The molecule has 0 bridgehead atoms. The number of rotatable bonds is 5. The van der Waals surface area contributed by atoms with Gasteiger partial charge in [0.05, 0.1) is 11.6 Å². The van der Waals surface area contributed by atoms with Crippen LogP contribution in [0.4, 0.5) is 40.8 Å². The van der Waals surface area contributed by atoms with Crippen LogP contribution in [0.2, 0.25) is 0 Å². The Balaban J connectivity index is 1.82. The molecule has 1 aromatic carbocycles. The highest BCUT2D eigenvalue weighted by Crippen LogP contribution is 2.39. The Morgan fingerprint density at radius 3 is 2.39 bits per heavy atom. The van der Waals surface area contributed by atoms with Crippen LogP contribution in [-0.4, -0.2) is 32.4 Å². The first-order valence-corrected chi connectivity index (χ1v) is 10.1. The Morgan fingerprint density at radius 2 is 1.77 bits per heavy atom. The van der Waals surface area contributed by atoms with Gasteiger partial charge in [0.25, 0.3) is 10.0 Å². The maximum Gasteiger partial charge on any atom is 0.422 e. The summed E-state index contributed by atoms with van der Waals surface area (Å²) in [6.07, 6.45) is -9.31. The highest BCUT2D eigenvalue weighted by Gasteiger charge is 2.42. The SMILES string of the molecule is O=S(=O)(Nc1cc(F)c(OCC(F)(F)F)cc1F)c1c[nH]c2c1CCC(C(F)(F)F)C2. The van der Waals surface area contributed by atoms with Crippen molar-refractivity contribution in [2.75, 3.05) is 11.3 Å². The molecule has 2 N–H and O–H groups in total. The molecule has 1 unspecified atom stereocenters. The second-order valence-corrected chi connectivity index (χ2v) is 8.51. The number of anilines is 1. The van der Waals surface area contributed by atoms with Crippen LogP contribution >= 0.6 is 0 Å². The summed E-state index contributed by atoms with van der Waals surface area (Å²) in [6, 6.07) is 0.552. The van der Waals surface area contributed by atoms with Gasteiger partial charge in [-0.1, -0.05) is 0 Å². The van der Waals surface area contributed by atoms with E-state index in [2.05, 4.69) is 9.72 Å². The topological polar surface area (TPSA) is 71.2 Å². The summed E-state index contributed by atoms with van der Waals surface area (Å²) in [4.78, 5) is 2.04. The molecule has 0 radical (unpaired) electrons. The average molecular weight is 478 g/mol. The Labute approximate surface area is 170 Å². The largest absolute Gasteiger partial charge is 0.481 e. The van der Waals surface area contributed by atoms with Crippen LogP contribution in [0.15, 0.2) is 23.2 Å². The molecule has 0 amide bonds. The van der Waals surface area contributed by atoms with Gasteiger partial charge in [0.2, 0.25) is 0 Å². The first-order chi connectivity index (χ1) is 14.2. The maximum atomic E-state index is 14.2. The van der Waals surface area contributed by atoms with E-state index in [4.69, 9.17) is 0 Å². The molecular weight excluding hydrogens is 464 g/mol. The van der Waals surface area contributed by atoms with Crippen LogP contribution in [-0.2, 0) is 22.9 Å². The standard InChI is InChI=1S/C17H14F8N2O3S/c18-10-5-14(30-7-16(20,21)22)11(19)4-13(10)27-31(28,29)15-6-26-12-3-8(17(23,24)25)1-2-9(12)15/h4-6,8,26-27H,1-3,7H2. The van der Waals surface area contributed by atoms with Gasteiger partial charge < -0.3 is 9.72 Å². The molecule has 5 nitrogen and oxygen atoms in total. The van der Waals surface area contributed by atoms with E-state index < -0.39 is 69.3 Å². The lowest BCUT2D eigenvalue weighted by molar-refractivity contribution is -0.177. The lowest BCUT2D eigenvalue weighted by Gasteiger charge is -2.25. The predicted molar refractivity (Wildman–Crippen MR) is 91.1 cm³/mol. The van der Waals surface area contributed by atoms with Crippen molar-refractivity contribution in [3.05, 3.63) is 41.2 Å². The first kappa shape index (κ1) is 23.2. The molecule has 3 rings (SSSR count). The fourth-order valence-electron chi connectivity index (χ4n) is 3.19. The maximum absolute atomic E-state index is 14.2. The van der Waals surface area contributed by atoms with E-state index in [9.17, 15) is 43.5 Å². The van der Waals surface area contributed by atoms with Crippen molar-refractivity contribution in [2.45, 2.75) is 36.5 Å². The van der Waals surface area contributed by atoms with Gasteiger partial charge in [0.15, 0.2) is 24.0 Å². The zero-order valence-electron chi connectivity index (χ0n) is 15.3. The molecule has 14 heteroatoms. The zero-order valence-corrected chi connectivity index (χ0v) is 16.1. The van der Waals surface area contributed by atoms with Gasteiger partial charge in [0, 0.05) is 24.0 Å². The number of alkyl halides is 6. The third-order valence-corrected chi connectivity index (χ3v) is 6.07. The fraction of sp³-hybridized carbons (Fsp3) is 0.412. The number of hydrogen-bond acceptors (Lipinski definition) is 3. The van der Waals surface area contributed by atoms with Crippen LogP contribution in [0.5, 0.6) is 5.75 Å². The number of sulfonamides is 1. The number of H-pyrrole nitrogens is 1. The van der Waals surface area contributed by atoms with E-state index >= 15 is 0 Å². The average Bonchev–Trinajstić information content (AvgIpc) is 3.06. The molecule has 1 aromatic heterocycles. The minimum atomic E-state index is -4.80. The monoisotopic (exact) mass is 478 g/mol. The fourth-order valence-corrected chi connectivity index (χ4v) is 4.51. The minimum Gasteiger partial charge on any atom is -0.481 e. The van der Waals surface area contributed by atoms with Gasteiger partial charge in [-0.25, -0.2) is 17.2 Å². The number of benzene rings is 1. The molecular formula is C17H14F8N2O3S.